The van der Waals surface area contributed by atoms with Crippen LogP contribution in [0.15, 0.2) is 30.3 Å². The normalized spacial score (nSPS) is 26.8. The molecule has 3 aliphatic rings. The summed E-state index contributed by atoms with van der Waals surface area (Å²) >= 11 is 0. The van der Waals surface area contributed by atoms with Gasteiger partial charge in [-0.25, -0.2) is 0 Å². The molecule has 0 aromatic heterocycles. The van der Waals surface area contributed by atoms with E-state index in [2.05, 4.69) is 45.4 Å². The van der Waals surface area contributed by atoms with Crippen LogP contribution in [0.2, 0.25) is 0 Å². The quantitative estimate of drug-likeness (QED) is 0.782. The molecule has 3 fully saturated rings. The Bertz CT molecular complexity index is 608. The summed E-state index contributed by atoms with van der Waals surface area (Å²) in [4.78, 5) is 19.5. The second-order valence-corrected chi connectivity index (χ2v) is 8.91. The van der Waals surface area contributed by atoms with Crippen molar-refractivity contribution >= 4 is 5.91 Å². The topological polar surface area (TPSA) is 38.8 Å². The molecule has 4 rings (SSSR count). The molecule has 1 N–H and O–H groups in total. The summed E-state index contributed by atoms with van der Waals surface area (Å²) in [6, 6.07) is 11.4. The van der Waals surface area contributed by atoms with Crippen LogP contribution in [0.5, 0.6) is 0 Å². The Balaban J connectivity index is 1.12. The molecule has 5 nitrogen and oxygen atoms in total. The Hall–Kier alpha value is -1.43. The number of nitrogens with zero attached hydrogens (tertiary/aromatic N) is 3. The Morgan fingerprint density at radius 2 is 1.64 bits per heavy atom. The lowest BCUT2D eigenvalue weighted by molar-refractivity contribution is -0.129. The van der Waals surface area contributed by atoms with E-state index in [0.29, 0.717) is 18.5 Å². The minimum atomic E-state index is 0.301. The third kappa shape index (κ3) is 5.56. The van der Waals surface area contributed by atoms with Gasteiger partial charge in [0, 0.05) is 58.4 Å². The van der Waals surface area contributed by atoms with E-state index in [1.165, 1.54) is 70.4 Å². The predicted molar refractivity (Wildman–Crippen MR) is 113 cm³/mol. The highest BCUT2D eigenvalue weighted by molar-refractivity contribution is 5.78. The van der Waals surface area contributed by atoms with Crippen molar-refractivity contribution in [2.24, 2.45) is 5.92 Å². The second kappa shape index (κ2) is 9.86. The van der Waals surface area contributed by atoms with Crippen LogP contribution in [0.4, 0.5) is 0 Å². The number of carbonyl (C=O) groups is 1. The van der Waals surface area contributed by atoms with Gasteiger partial charge in [0.15, 0.2) is 0 Å². The van der Waals surface area contributed by atoms with Crippen LogP contribution in [-0.4, -0.2) is 79.0 Å². The molecule has 2 heterocycles. The van der Waals surface area contributed by atoms with Gasteiger partial charge in [-0.2, -0.15) is 0 Å². The SMILES string of the molecule is O=C(CNC1CCC(CN2CCN(Cc3ccccc3)CC2)C1)N1CCCC1. The molecule has 2 unspecified atom stereocenters. The molecule has 1 saturated carbocycles. The number of nitrogens with one attached hydrogen (secondary N) is 1. The predicted octanol–water partition coefficient (Wildman–Crippen LogP) is 2.18. The third-order valence-electron chi connectivity index (χ3n) is 6.77. The first-order valence-corrected chi connectivity index (χ1v) is 11.3. The molecule has 0 radical (unpaired) electrons. The Kier molecular flexibility index (Phi) is 7.00. The minimum absolute atomic E-state index is 0.301. The van der Waals surface area contributed by atoms with Crippen molar-refractivity contribution in [3.8, 4) is 0 Å². The van der Waals surface area contributed by atoms with Gasteiger partial charge in [0.05, 0.1) is 6.54 Å². The van der Waals surface area contributed by atoms with E-state index >= 15 is 0 Å². The fraction of sp³-hybridized carbons (Fsp3) is 0.696. The van der Waals surface area contributed by atoms with Gasteiger partial charge in [0.25, 0.3) is 0 Å². The lowest BCUT2D eigenvalue weighted by Crippen LogP contribution is -2.47. The lowest BCUT2D eigenvalue weighted by atomic mass is 10.1. The maximum atomic E-state index is 12.2. The highest BCUT2D eigenvalue weighted by Crippen LogP contribution is 2.27. The maximum Gasteiger partial charge on any atom is 0.236 e. The molecule has 1 aromatic rings. The summed E-state index contributed by atoms with van der Waals surface area (Å²) in [6.07, 6.45) is 6.12. The van der Waals surface area contributed by atoms with Gasteiger partial charge in [0.1, 0.15) is 0 Å². The van der Waals surface area contributed by atoms with E-state index in [9.17, 15) is 4.79 Å². The van der Waals surface area contributed by atoms with Gasteiger partial charge in [-0.05, 0) is 43.6 Å². The number of amides is 1. The summed E-state index contributed by atoms with van der Waals surface area (Å²) in [5.74, 6) is 1.09. The van der Waals surface area contributed by atoms with Gasteiger partial charge in [0.2, 0.25) is 5.91 Å². The van der Waals surface area contributed by atoms with E-state index in [-0.39, 0.29) is 0 Å². The van der Waals surface area contributed by atoms with Gasteiger partial charge < -0.3 is 15.1 Å². The monoisotopic (exact) mass is 384 g/mol. The zero-order valence-electron chi connectivity index (χ0n) is 17.2. The minimum Gasteiger partial charge on any atom is -0.342 e. The average molecular weight is 385 g/mol. The van der Waals surface area contributed by atoms with Crippen molar-refractivity contribution in [2.45, 2.75) is 44.7 Å². The van der Waals surface area contributed by atoms with Crippen molar-refractivity contribution in [1.29, 1.82) is 0 Å². The average Bonchev–Trinajstić information content (AvgIpc) is 3.41. The zero-order chi connectivity index (χ0) is 19.2. The van der Waals surface area contributed by atoms with Crippen molar-refractivity contribution in [3.63, 3.8) is 0 Å². The molecule has 28 heavy (non-hydrogen) atoms. The van der Waals surface area contributed by atoms with Crippen LogP contribution in [-0.2, 0) is 11.3 Å². The van der Waals surface area contributed by atoms with Gasteiger partial charge in [-0.15, -0.1) is 0 Å². The molecule has 1 aromatic carbocycles. The number of carbonyl (C=O) groups excluding carboxylic acids is 1. The molecule has 0 spiro atoms. The van der Waals surface area contributed by atoms with Crippen LogP contribution in [0.25, 0.3) is 0 Å². The molecule has 154 valence electrons. The molecule has 2 aliphatic heterocycles. The van der Waals surface area contributed by atoms with Crippen molar-refractivity contribution in [2.75, 3.05) is 52.4 Å². The largest absolute Gasteiger partial charge is 0.342 e. The molecular weight excluding hydrogens is 348 g/mol. The van der Waals surface area contributed by atoms with Crippen LogP contribution in [0.1, 0.15) is 37.7 Å². The molecule has 0 bridgehead atoms. The lowest BCUT2D eigenvalue weighted by Gasteiger charge is -2.36. The van der Waals surface area contributed by atoms with Crippen LogP contribution in [0, 0.1) is 5.92 Å². The summed E-state index contributed by atoms with van der Waals surface area (Å²) in [5.41, 5.74) is 1.42. The van der Waals surface area contributed by atoms with E-state index in [4.69, 9.17) is 0 Å². The first kappa shape index (κ1) is 19.9. The smallest absolute Gasteiger partial charge is 0.236 e. The standard InChI is InChI=1S/C23H36N4O/c28-23(27-10-4-5-11-27)17-24-22-9-8-21(16-22)19-26-14-12-25(13-15-26)18-20-6-2-1-3-7-20/h1-3,6-7,21-22,24H,4-5,8-19H2. The van der Waals surface area contributed by atoms with Crippen molar-refractivity contribution in [1.82, 2.24) is 20.0 Å². The fourth-order valence-electron chi connectivity index (χ4n) is 5.07. The van der Waals surface area contributed by atoms with Crippen LogP contribution >= 0.6 is 0 Å². The Morgan fingerprint density at radius 3 is 2.39 bits per heavy atom. The van der Waals surface area contributed by atoms with E-state index < -0.39 is 0 Å². The van der Waals surface area contributed by atoms with Gasteiger partial charge in [-0.1, -0.05) is 30.3 Å². The van der Waals surface area contributed by atoms with Gasteiger partial charge >= 0.3 is 0 Å². The highest BCUT2D eigenvalue weighted by Gasteiger charge is 2.28. The van der Waals surface area contributed by atoms with Crippen LogP contribution < -0.4 is 5.32 Å². The molecule has 1 aliphatic carbocycles. The van der Waals surface area contributed by atoms with Crippen molar-refractivity contribution in [3.05, 3.63) is 35.9 Å². The molecular formula is C23H36N4O. The summed E-state index contributed by atoms with van der Waals surface area (Å²) in [7, 11) is 0. The number of hydrogen-bond acceptors (Lipinski definition) is 4. The molecule has 5 heteroatoms. The number of benzene rings is 1. The van der Waals surface area contributed by atoms with E-state index in [1.54, 1.807) is 0 Å². The molecule has 1 amide bonds. The van der Waals surface area contributed by atoms with E-state index in [0.717, 1.165) is 25.6 Å². The van der Waals surface area contributed by atoms with Crippen molar-refractivity contribution < 1.29 is 4.79 Å². The zero-order valence-corrected chi connectivity index (χ0v) is 17.2. The number of likely N-dealkylation sites (tertiary alicyclic amines) is 1. The fourth-order valence-corrected chi connectivity index (χ4v) is 5.07. The first-order chi connectivity index (χ1) is 13.8. The van der Waals surface area contributed by atoms with Gasteiger partial charge in [-0.3, -0.25) is 9.69 Å². The Morgan fingerprint density at radius 1 is 0.929 bits per heavy atom. The summed E-state index contributed by atoms with van der Waals surface area (Å²) < 4.78 is 0. The highest BCUT2D eigenvalue weighted by atomic mass is 16.2. The number of piperazine rings is 1. The molecule has 2 saturated heterocycles. The number of hydrogen-bond donors (Lipinski definition) is 1. The second-order valence-electron chi connectivity index (χ2n) is 8.91. The summed E-state index contributed by atoms with van der Waals surface area (Å²) in [5, 5.41) is 3.54. The van der Waals surface area contributed by atoms with Crippen LogP contribution in [0.3, 0.4) is 0 Å². The number of rotatable bonds is 7. The van der Waals surface area contributed by atoms with E-state index in [1.807, 2.05) is 4.90 Å². The Labute approximate surface area is 170 Å². The maximum absolute atomic E-state index is 12.2. The molecule has 2 atom stereocenters. The third-order valence-corrected chi connectivity index (χ3v) is 6.77. The summed E-state index contributed by atoms with van der Waals surface area (Å²) in [6.45, 7) is 9.50. The first-order valence-electron chi connectivity index (χ1n) is 11.3.